The van der Waals surface area contributed by atoms with Crippen LogP contribution in [0.5, 0.6) is 0 Å². The van der Waals surface area contributed by atoms with Crippen molar-refractivity contribution in [2.24, 2.45) is 5.14 Å². The maximum absolute atomic E-state index is 11.5. The van der Waals surface area contributed by atoms with Gasteiger partial charge in [-0.2, -0.15) is 0 Å². The van der Waals surface area contributed by atoms with Gasteiger partial charge in [-0.05, 0) is 13.3 Å². The van der Waals surface area contributed by atoms with Gasteiger partial charge in [0.1, 0.15) is 5.60 Å². The van der Waals surface area contributed by atoms with E-state index in [1.807, 2.05) is 13.8 Å². The monoisotopic (exact) mass is 292 g/mol. The summed E-state index contributed by atoms with van der Waals surface area (Å²) in [6.07, 6.45) is 0.610. The molecule has 19 heavy (non-hydrogen) atoms. The predicted molar refractivity (Wildman–Crippen MR) is 67.9 cm³/mol. The molecule has 0 aliphatic heterocycles. The van der Waals surface area contributed by atoms with Crippen LogP contribution in [0, 0.1) is 0 Å². The van der Waals surface area contributed by atoms with E-state index in [0.717, 1.165) is 0 Å². The molecule has 110 valence electrons. The molecular weight excluding hydrogens is 272 g/mol. The summed E-state index contributed by atoms with van der Waals surface area (Å²) in [6.45, 7) is 4.32. The molecule has 0 amide bonds. The number of nitrogens with zero attached hydrogens (tertiary/aromatic N) is 3. The minimum absolute atomic E-state index is 0.281. The van der Waals surface area contributed by atoms with Crippen molar-refractivity contribution >= 4 is 10.0 Å². The first kappa shape index (κ1) is 16.0. The Morgan fingerprint density at radius 1 is 1.37 bits per heavy atom. The Kier molecular flexibility index (Phi) is 5.02. The summed E-state index contributed by atoms with van der Waals surface area (Å²) in [7, 11) is -0.881. The largest absolute Gasteiger partial charge is 0.383 e. The zero-order valence-corrected chi connectivity index (χ0v) is 12.4. The first-order valence-electron chi connectivity index (χ1n) is 5.80. The topological polar surface area (TPSA) is 109 Å². The Labute approximate surface area is 113 Å². The van der Waals surface area contributed by atoms with Gasteiger partial charge in [-0.3, -0.25) is 4.57 Å². The molecule has 1 atom stereocenters. The number of aromatic nitrogens is 3. The van der Waals surface area contributed by atoms with Gasteiger partial charge in [-0.25, -0.2) is 13.6 Å². The molecule has 0 spiro atoms. The van der Waals surface area contributed by atoms with Crippen LogP contribution in [0.1, 0.15) is 26.1 Å². The Hall–Kier alpha value is -1.03. The number of nitrogens with two attached hydrogens (primary N) is 1. The van der Waals surface area contributed by atoms with Crippen LogP contribution in [0.3, 0.4) is 0 Å². The molecule has 1 aromatic heterocycles. The van der Waals surface area contributed by atoms with Gasteiger partial charge in [0.2, 0.25) is 0 Å². The highest BCUT2D eigenvalue weighted by Gasteiger charge is 2.33. The fraction of sp³-hybridized carbons (Fsp3) is 0.800. The molecule has 8 nitrogen and oxygen atoms in total. The molecule has 0 saturated carbocycles. The summed E-state index contributed by atoms with van der Waals surface area (Å²) in [5.41, 5.74) is -0.732. The second-order valence-electron chi connectivity index (χ2n) is 4.28. The minimum atomic E-state index is -3.94. The predicted octanol–water partition coefficient (Wildman–Crippen LogP) is -0.156. The van der Waals surface area contributed by atoms with Crippen LogP contribution in [0.2, 0.25) is 0 Å². The van der Waals surface area contributed by atoms with E-state index in [0.29, 0.717) is 18.9 Å². The third-order valence-corrected chi connectivity index (χ3v) is 3.90. The van der Waals surface area contributed by atoms with Crippen molar-refractivity contribution in [1.29, 1.82) is 0 Å². The van der Waals surface area contributed by atoms with E-state index in [2.05, 4.69) is 10.2 Å². The van der Waals surface area contributed by atoms with Gasteiger partial charge in [0, 0.05) is 14.2 Å². The highest BCUT2D eigenvalue weighted by atomic mass is 32.2. The maximum atomic E-state index is 11.5. The first-order valence-corrected chi connectivity index (χ1v) is 7.35. The van der Waals surface area contributed by atoms with E-state index in [-0.39, 0.29) is 11.7 Å². The minimum Gasteiger partial charge on any atom is -0.383 e. The van der Waals surface area contributed by atoms with Gasteiger partial charge in [-0.1, -0.05) is 6.92 Å². The molecule has 9 heteroatoms. The lowest BCUT2D eigenvalue weighted by Gasteiger charge is -2.26. The second-order valence-corrected chi connectivity index (χ2v) is 5.74. The molecule has 0 aliphatic rings. The van der Waals surface area contributed by atoms with Crippen molar-refractivity contribution in [2.45, 2.75) is 37.6 Å². The van der Waals surface area contributed by atoms with E-state index in [4.69, 9.17) is 14.6 Å². The van der Waals surface area contributed by atoms with Gasteiger partial charge < -0.3 is 9.47 Å². The van der Waals surface area contributed by atoms with Crippen LogP contribution in [-0.2, 0) is 31.6 Å². The quantitative estimate of drug-likeness (QED) is 0.748. The Bertz CT molecular complexity index is 522. The van der Waals surface area contributed by atoms with Crippen LogP contribution in [0.4, 0.5) is 0 Å². The van der Waals surface area contributed by atoms with E-state index < -0.39 is 15.6 Å². The summed E-state index contributed by atoms with van der Waals surface area (Å²) >= 11 is 0. The smallest absolute Gasteiger partial charge is 0.273 e. The van der Waals surface area contributed by atoms with E-state index >= 15 is 0 Å². The molecular formula is C10H20N4O4S. The number of ether oxygens (including phenoxy) is 2. The van der Waals surface area contributed by atoms with Crippen LogP contribution in [-0.4, -0.2) is 44.0 Å². The maximum Gasteiger partial charge on any atom is 0.273 e. The molecule has 0 saturated heterocycles. The van der Waals surface area contributed by atoms with Gasteiger partial charge in [0.05, 0.1) is 13.2 Å². The molecule has 0 fully saturated rings. The summed E-state index contributed by atoms with van der Waals surface area (Å²) < 4.78 is 34.8. The van der Waals surface area contributed by atoms with Crippen LogP contribution in [0.25, 0.3) is 0 Å². The van der Waals surface area contributed by atoms with E-state index in [1.54, 1.807) is 0 Å². The normalized spacial score (nSPS) is 15.4. The summed E-state index contributed by atoms with van der Waals surface area (Å²) in [5.74, 6) is 0.415. The Morgan fingerprint density at radius 2 is 2.00 bits per heavy atom. The molecule has 1 aromatic rings. The van der Waals surface area contributed by atoms with Crippen molar-refractivity contribution in [1.82, 2.24) is 14.8 Å². The van der Waals surface area contributed by atoms with Crippen LogP contribution < -0.4 is 5.14 Å². The molecule has 0 bridgehead atoms. The summed E-state index contributed by atoms with van der Waals surface area (Å²) in [6, 6.07) is 0. The molecule has 0 aliphatic carbocycles. The fourth-order valence-electron chi connectivity index (χ4n) is 1.67. The van der Waals surface area contributed by atoms with Gasteiger partial charge in [0.15, 0.2) is 5.82 Å². The Morgan fingerprint density at radius 3 is 2.42 bits per heavy atom. The fourth-order valence-corrected chi connectivity index (χ4v) is 2.31. The van der Waals surface area contributed by atoms with Crippen molar-refractivity contribution in [2.75, 3.05) is 20.8 Å². The van der Waals surface area contributed by atoms with E-state index in [9.17, 15) is 8.42 Å². The number of sulfonamides is 1. The van der Waals surface area contributed by atoms with Gasteiger partial charge >= 0.3 is 0 Å². The molecule has 0 radical (unpaired) electrons. The third-order valence-electron chi connectivity index (χ3n) is 3.09. The molecule has 2 N–H and O–H groups in total. The van der Waals surface area contributed by atoms with Crippen molar-refractivity contribution in [3.05, 3.63) is 5.82 Å². The van der Waals surface area contributed by atoms with Crippen molar-refractivity contribution in [3.63, 3.8) is 0 Å². The molecule has 1 rings (SSSR count). The summed E-state index contributed by atoms with van der Waals surface area (Å²) in [4.78, 5) is 0. The third kappa shape index (κ3) is 3.30. The lowest BCUT2D eigenvalue weighted by Crippen LogP contribution is -2.30. The lowest BCUT2D eigenvalue weighted by atomic mass is 10.0. The Balaban J connectivity index is 3.37. The highest BCUT2D eigenvalue weighted by Crippen LogP contribution is 2.27. The lowest BCUT2D eigenvalue weighted by molar-refractivity contribution is -0.0132. The van der Waals surface area contributed by atoms with Gasteiger partial charge in [0.25, 0.3) is 15.2 Å². The molecule has 1 unspecified atom stereocenters. The molecule has 1 heterocycles. The number of methoxy groups -OCH3 is 2. The SMILES string of the molecule is CCC(C)(OC)c1nnc(S(N)(=O)=O)n1CCOC. The average molecular weight is 292 g/mol. The number of primary sulfonamides is 1. The molecule has 0 aromatic carbocycles. The van der Waals surface area contributed by atoms with Crippen molar-refractivity contribution < 1.29 is 17.9 Å². The van der Waals surface area contributed by atoms with E-state index in [1.165, 1.54) is 18.8 Å². The average Bonchev–Trinajstić information content (AvgIpc) is 2.79. The zero-order chi connectivity index (χ0) is 14.7. The van der Waals surface area contributed by atoms with Crippen LogP contribution >= 0.6 is 0 Å². The number of hydrogen-bond acceptors (Lipinski definition) is 6. The van der Waals surface area contributed by atoms with Gasteiger partial charge in [-0.15, -0.1) is 10.2 Å². The zero-order valence-electron chi connectivity index (χ0n) is 11.6. The summed E-state index contributed by atoms with van der Waals surface area (Å²) in [5, 5.41) is 12.4. The second kappa shape index (κ2) is 5.95. The number of rotatable bonds is 7. The first-order chi connectivity index (χ1) is 8.80. The standard InChI is InChI=1S/C10H20N4O4S/c1-5-10(2,18-4)8-12-13-9(19(11,15)16)14(8)6-7-17-3/h5-7H2,1-4H3,(H2,11,15,16). The van der Waals surface area contributed by atoms with Crippen molar-refractivity contribution in [3.8, 4) is 0 Å². The van der Waals surface area contributed by atoms with Crippen LogP contribution in [0.15, 0.2) is 5.16 Å². The highest BCUT2D eigenvalue weighted by molar-refractivity contribution is 7.89. The number of hydrogen-bond donors (Lipinski definition) is 1.